The lowest BCUT2D eigenvalue weighted by Gasteiger charge is -2.09. The highest BCUT2D eigenvalue weighted by Gasteiger charge is 2.19. The van der Waals surface area contributed by atoms with Gasteiger partial charge in [0.25, 0.3) is 0 Å². The molecule has 0 aliphatic rings. The van der Waals surface area contributed by atoms with Gasteiger partial charge in [0.15, 0.2) is 0 Å². The zero-order valence-corrected chi connectivity index (χ0v) is 13.8. The lowest BCUT2D eigenvalue weighted by molar-refractivity contribution is 0.0696. The standard InChI is InChI=1S/C13H16BrNO5S/c1-9(2)8-20-6-5-15-21(18,19)12-7-10(13(16)17)3-4-11(12)14/h3-4,7,15H,1,5-6,8H2,2H3,(H,16,17). The van der Waals surface area contributed by atoms with Crippen LogP contribution < -0.4 is 4.72 Å². The summed E-state index contributed by atoms with van der Waals surface area (Å²) >= 11 is 3.10. The third kappa shape index (κ3) is 5.58. The first-order valence-corrected chi connectivity index (χ1v) is 8.26. The van der Waals surface area contributed by atoms with Gasteiger partial charge in [-0.2, -0.15) is 0 Å². The smallest absolute Gasteiger partial charge is 0.335 e. The van der Waals surface area contributed by atoms with E-state index in [1.807, 2.05) is 0 Å². The third-order valence-electron chi connectivity index (χ3n) is 2.35. The van der Waals surface area contributed by atoms with Crippen molar-refractivity contribution >= 4 is 31.9 Å². The van der Waals surface area contributed by atoms with E-state index in [1.54, 1.807) is 6.92 Å². The van der Waals surface area contributed by atoms with Crippen LogP contribution in [-0.2, 0) is 14.8 Å². The summed E-state index contributed by atoms with van der Waals surface area (Å²) in [5.41, 5.74) is 0.742. The van der Waals surface area contributed by atoms with Gasteiger partial charge in [-0.25, -0.2) is 17.9 Å². The van der Waals surface area contributed by atoms with Crippen molar-refractivity contribution in [2.24, 2.45) is 0 Å². The average molecular weight is 378 g/mol. The van der Waals surface area contributed by atoms with Crippen LogP contribution in [0.5, 0.6) is 0 Å². The molecule has 0 unspecified atom stereocenters. The summed E-state index contributed by atoms with van der Waals surface area (Å²) in [6.45, 7) is 6.11. The van der Waals surface area contributed by atoms with Crippen LogP contribution in [0, 0.1) is 0 Å². The zero-order chi connectivity index (χ0) is 16.0. The molecule has 1 rings (SSSR count). The molecule has 0 fully saturated rings. The molecule has 8 heteroatoms. The molecule has 0 aliphatic heterocycles. The van der Waals surface area contributed by atoms with E-state index in [0.717, 1.165) is 11.6 Å². The monoisotopic (exact) mass is 377 g/mol. The first-order valence-electron chi connectivity index (χ1n) is 5.98. The van der Waals surface area contributed by atoms with E-state index < -0.39 is 16.0 Å². The Morgan fingerprint density at radius 2 is 2.14 bits per heavy atom. The minimum absolute atomic E-state index is 0.0827. The number of carboxylic acids is 1. The van der Waals surface area contributed by atoms with Crippen LogP contribution in [0.25, 0.3) is 0 Å². The number of carboxylic acid groups (broad SMARTS) is 1. The van der Waals surface area contributed by atoms with E-state index in [-0.39, 0.29) is 23.6 Å². The predicted molar refractivity (Wildman–Crippen MR) is 81.9 cm³/mol. The number of nitrogens with one attached hydrogen (secondary N) is 1. The van der Waals surface area contributed by atoms with E-state index in [9.17, 15) is 13.2 Å². The van der Waals surface area contributed by atoms with Crippen molar-refractivity contribution in [1.82, 2.24) is 4.72 Å². The highest BCUT2D eigenvalue weighted by Crippen LogP contribution is 2.23. The molecule has 116 valence electrons. The lowest BCUT2D eigenvalue weighted by Crippen LogP contribution is -2.28. The van der Waals surface area contributed by atoms with Gasteiger partial charge in [-0.1, -0.05) is 12.2 Å². The fourth-order valence-corrected chi connectivity index (χ4v) is 3.42. The third-order valence-corrected chi connectivity index (χ3v) is 4.81. The van der Waals surface area contributed by atoms with Crippen LogP contribution in [0.1, 0.15) is 17.3 Å². The van der Waals surface area contributed by atoms with Gasteiger partial charge in [0, 0.05) is 11.0 Å². The van der Waals surface area contributed by atoms with E-state index in [2.05, 4.69) is 27.2 Å². The molecule has 0 spiro atoms. The van der Waals surface area contributed by atoms with Crippen molar-refractivity contribution < 1.29 is 23.1 Å². The quantitative estimate of drug-likeness (QED) is 0.533. The van der Waals surface area contributed by atoms with Gasteiger partial charge in [-0.3, -0.25) is 0 Å². The number of hydrogen-bond donors (Lipinski definition) is 2. The second-order valence-electron chi connectivity index (χ2n) is 4.36. The molecule has 0 bridgehead atoms. The maximum Gasteiger partial charge on any atom is 0.335 e. The summed E-state index contributed by atoms with van der Waals surface area (Å²) < 4.78 is 32.1. The minimum atomic E-state index is -3.81. The molecule has 1 aromatic rings. The highest BCUT2D eigenvalue weighted by molar-refractivity contribution is 9.10. The fraction of sp³-hybridized carbons (Fsp3) is 0.308. The molecular weight excluding hydrogens is 362 g/mol. The Morgan fingerprint density at radius 1 is 1.48 bits per heavy atom. The van der Waals surface area contributed by atoms with Gasteiger partial charge in [0.2, 0.25) is 10.0 Å². The number of halogens is 1. The second-order valence-corrected chi connectivity index (χ2v) is 6.95. The molecule has 0 saturated heterocycles. The Bertz CT molecular complexity index is 642. The van der Waals surface area contributed by atoms with E-state index in [4.69, 9.17) is 9.84 Å². The molecule has 2 N–H and O–H groups in total. The minimum Gasteiger partial charge on any atom is -0.478 e. The number of carbonyl (C=O) groups is 1. The van der Waals surface area contributed by atoms with Crippen LogP contribution in [0.3, 0.4) is 0 Å². The summed E-state index contributed by atoms with van der Waals surface area (Å²) in [6.07, 6.45) is 0. The summed E-state index contributed by atoms with van der Waals surface area (Å²) in [5, 5.41) is 8.91. The number of sulfonamides is 1. The van der Waals surface area contributed by atoms with Crippen LogP contribution in [0.4, 0.5) is 0 Å². The van der Waals surface area contributed by atoms with Crippen molar-refractivity contribution in [2.75, 3.05) is 19.8 Å². The van der Waals surface area contributed by atoms with Gasteiger partial charge < -0.3 is 9.84 Å². The molecule has 21 heavy (non-hydrogen) atoms. The number of hydrogen-bond acceptors (Lipinski definition) is 4. The number of rotatable bonds is 8. The first-order chi connectivity index (χ1) is 9.74. The van der Waals surface area contributed by atoms with Crippen LogP contribution in [-0.4, -0.2) is 39.3 Å². The summed E-state index contributed by atoms with van der Waals surface area (Å²) in [6, 6.07) is 3.81. The average Bonchev–Trinajstić information content (AvgIpc) is 2.37. The van der Waals surface area contributed by atoms with Crippen molar-refractivity contribution in [1.29, 1.82) is 0 Å². The largest absolute Gasteiger partial charge is 0.478 e. The Balaban J connectivity index is 2.76. The Hall–Kier alpha value is -1.22. The van der Waals surface area contributed by atoms with Crippen LogP contribution in [0.15, 0.2) is 39.7 Å². The molecule has 6 nitrogen and oxygen atoms in total. The van der Waals surface area contributed by atoms with Crippen molar-refractivity contribution in [2.45, 2.75) is 11.8 Å². The van der Waals surface area contributed by atoms with Gasteiger partial charge in [0.1, 0.15) is 0 Å². The van der Waals surface area contributed by atoms with Gasteiger partial charge in [0.05, 0.1) is 23.7 Å². The van der Waals surface area contributed by atoms with Crippen LogP contribution >= 0.6 is 15.9 Å². The lowest BCUT2D eigenvalue weighted by atomic mass is 10.2. The first kappa shape index (κ1) is 17.8. The van der Waals surface area contributed by atoms with Crippen molar-refractivity contribution in [3.05, 3.63) is 40.4 Å². The molecule has 0 amide bonds. The molecule has 0 radical (unpaired) electrons. The van der Waals surface area contributed by atoms with Gasteiger partial charge in [-0.15, -0.1) is 0 Å². The van der Waals surface area contributed by atoms with Crippen LogP contribution in [0.2, 0.25) is 0 Å². The van der Waals surface area contributed by atoms with Crippen molar-refractivity contribution in [3.63, 3.8) is 0 Å². The van der Waals surface area contributed by atoms with E-state index >= 15 is 0 Å². The maximum absolute atomic E-state index is 12.1. The molecule has 0 saturated carbocycles. The Kier molecular flexibility index (Phi) is 6.53. The molecule has 0 atom stereocenters. The van der Waals surface area contributed by atoms with Crippen molar-refractivity contribution in [3.8, 4) is 0 Å². The number of benzene rings is 1. The number of ether oxygens (including phenoxy) is 1. The maximum atomic E-state index is 12.1. The SMILES string of the molecule is C=C(C)COCCNS(=O)(=O)c1cc(C(=O)O)ccc1Br. The second kappa shape index (κ2) is 7.69. The molecule has 1 aromatic carbocycles. The summed E-state index contributed by atoms with van der Waals surface area (Å²) in [4.78, 5) is 10.8. The number of aromatic carboxylic acids is 1. The fourth-order valence-electron chi connectivity index (χ4n) is 1.41. The Labute approximate surface area is 132 Å². The van der Waals surface area contributed by atoms with Gasteiger partial charge >= 0.3 is 5.97 Å². The summed E-state index contributed by atoms with van der Waals surface area (Å²) in [7, 11) is -3.81. The van der Waals surface area contributed by atoms with E-state index in [1.165, 1.54) is 12.1 Å². The van der Waals surface area contributed by atoms with Gasteiger partial charge in [-0.05, 0) is 41.1 Å². The van der Waals surface area contributed by atoms with E-state index in [0.29, 0.717) is 11.1 Å². The molecule has 0 aliphatic carbocycles. The molecular formula is C13H16BrNO5S. The topological polar surface area (TPSA) is 92.7 Å². The predicted octanol–water partition coefficient (Wildman–Crippen LogP) is 2.02. The zero-order valence-electron chi connectivity index (χ0n) is 11.4. The highest BCUT2D eigenvalue weighted by atomic mass is 79.9. The summed E-state index contributed by atoms with van der Waals surface area (Å²) in [5.74, 6) is -1.19. The normalized spacial score (nSPS) is 11.3. The Morgan fingerprint density at radius 3 is 2.71 bits per heavy atom. The molecule has 0 aromatic heterocycles. The molecule has 0 heterocycles.